The van der Waals surface area contributed by atoms with Crippen LogP contribution < -0.4 is 5.73 Å². The number of aryl methyl sites for hydroxylation is 1. The molecule has 0 unspecified atom stereocenters. The summed E-state index contributed by atoms with van der Waals surface area (Å²) in [6, 6.07) is 25.0. The summed E-state index contributed by atoms with van der Waals surface area (Å²) in [5.74, 6) is 0.424. The van der Waals surface area contributed by atoms with Gasteiger partial charge in [0.1, 0.15) is 17.5 Å². The van der Waals surface area contributed by atoms with Crippen LogP contribution in [0.3, 0.4) is 0 Å². The first-order chi connectivity index (χ1) is 13.2. The molecule has 132 valence electrons. The standard InChI is InChI=1S/C23H20N4/c1-16-9-11-17(12-10-16)13-22-21(14-24)23(25)27(26-22)15-19-7-4-6-18-5-2-3-8-20(18)19/h2-12H,13,15,25H2,1H3. The number of aromatic nitrogens is 2. The van der Waals surface area contributed by atoms with Crippen LogP contribution in [0.2, 0.25) is 0 Å². The van der Waals surface area contributed by atoms with Gasteiger partial charge in [0, 0.05) is 6.42 Å². The van der Waals surface area contributed by atoms with E-state index in [0.717, 1.165) is 16.8 Å². The van der Waals surface area contributed by atoms with E-state index in [0.29, 0.717) is 24.3 Å². The molecule has 4 nitrogen and oxygen atoms in total. The Labute approximate surface area is 158 Å². The van der Waals surface area contributed by atoms with Crippen LogP contribution in [0.5, 0.6) is 0 Å². The molecule has 4 rings (SSSR count). The predicted molar refractivity (Wildman–Crippen MR) is 108 cm³/mol. The number of benzene rings is 3. The number of hydrogen-bond donors (Lipinski definition) is 1. The van der Waals surface area contributed by atoms with E-state index in [2.05, 4.69) is 66.6 Å². The summed E-state index contributed by atoms with van der Waals surface area (Å²) in [7, 11) is 0. The van der Waals surface area contributed by atoms with Crippen LogP contribution in [0.15, 0.2) is 66.7 Å². The molecule has 0 radical (unpaired) electrons. The molecule has 3 aromatic carbocycles. The fraction of sp³-hybridized carbons (Fsp3) is 0.130. The first-order valence-electron chi connectivity index (χ1n) is 8.93. The fourth-order valence-electron chi connectivity index (χ4n) is 3.38. The monoisotopic (exact) mass is 352 g/mol. The molecule has 0 aliphatic heterocycles. The molecule has 1 heterocycles. The van der Waals surface area contributed by atoms with Gasteiger partial charge in [-0.05, 0) is 28.8 Å². The van der Waals surface area contributed by atoms with Gasteiger partial charge in [0.05, 0.1) is 12.2 Å². The summed E-state index contributed by atoms with van der Waals surface area (Å²) in [6.45, 7) is 2.59. The largest absolute Gasteiger partial charge is 0.383 e. The van der Waals surface area contributed by atoms with Gasteiger partial charge in [-0.3, -0.25) is 0 Å². The molecule has 0 saturated heterocycles. The minimum atomic E-state index is 0.424. The van der Waals surface area contributed by atoms with Crippen molar-refractivity contribution in [2.75, 3.05) is 5.73 Å². The number of fused-ring (bicyclic) bond motifs is 1. The van der Waals surface area contributed by atoms with E-state index in [-0.39, 0.29) is 0 Å². The lowest BCUT2D eigenvalue weighted by atomic mass is 10.0. The summed E-state index contributed by atoms with van der Waals surface area (Å²) in [6.07, 6.45) is 0.593. The molecule has 0 bridgehead atoms. The van der Waals surface area contributed by atoms with Crippen molar-refractivity contribution in [2.24, 2.45) is 0 Å². The van der Waals surface area contributed by atoms with E-state index in [4.69, 9.17) is 5.73 Å². The Kier molecular flexibility index (Phi) is 4.35. The number of nitriles is 1. The molecule has 0 spiro atoms. The highest BCUT2D eigenvalue weighted by molar-refractivity contribution is 5.85. The molecule has 0 saturated carbocycles. The van der Waals surface area contributed by atoms with Crippen LogP contribution in [0.25, 0.3) is 10.8 Å². The van der Waals surface area contributed by atoms with Gasteiger partial charge < -0.3 is 5.73 Å². The van der Waals surface area contributed by atoms with Gasteiger partial charge in [0.2, 0.25) is 0 Å². The summed E-state index contributed by atoms with van der Waals surface area (Å²) >= 11 is 0. The zero-order valence-electron chi connectivity index (χ0n) is 15.2. The number of nitrogen functional groups attached to an aromatic ring is 1. The average molecular weight is 352 g/mol. The highest BCUT2D eigenvalue weighted by atomic mass is 15.3. The Morgan fingerprint density at radius 2 is 1.74 bits per heavy atom. The molecule has 2 N–H and O–H groups in total. The molecule has 0 atom stereocenters. The van der Waals surface area contributed by atoms with Crippen LogP contribution in [-0.4, -0.2) is 9.78 Å². The van der Waals surface area contributed by atoms with Crippen LogP contribution in [-0.2, 0) is 13.0 Å². The second-order valence-electron chi connectivity index (χ2n) is 6.78. The predicted octanol–water partition coefficient (Wildman–Crippen LogP) is 4.44. The normalized spacial score (nSPS) is 10.8. The molecule has 0 amide bonds. The molecular weight excluding hydrogens is 332 g/mol. The third-order valence-electron chi connectivity index (χ3n) is 4.87. The highest BCUT2D eigenvalue weighted by Gasteiger charge is 2.16. The molecule has 4 aromatic rings. The van der Waals surface area contributed by atoms with E-state index in [9.17, 15) is 5.26 Å². The van der Waals surface area contributed by atoms with E-state index in [1.807, 2.05) is 18.2 Å². The van der Waals surface area contributed by atoms with Crippen LogP contribution in [0, 0.1) is 18.3 Å². The van der Waals surface area contributed by atoms with Gasteiger partial charge in [-0.15, -0.1) is 0 Å². The fourth-order valence-corrected chi connectivity index (χ4v) is 3.38. The Morgan fingerprint density at radius 1 is 1.00 bits per heavy atom. The van der Waals surface area contributed by atoms with E-state index in [1.165, 1.54) is 16.3 Å². The van der Waals surface area contributed by atoms with Crippen molar-refractivity contribution in [3.05, 3.63) is 94.7 Å². The topological polar surface area (TPSA) is 67.6 Å². The van der Waals surface area contributed by atoms with E-state index in [1.54, 1.807) is 4.68 Å². The van der Waals surface area contributed by atoms with Gasteiger partial charge in [-0.25, -0.2) is 4.68 Å². The molecule has 4 heteroatoms. The SMILES string of the molecule is Cc1ccc(Cc2nn(Cc3cccc4ccccc34)c(N)c2C#N)cc1. The third kappa shape index (κ3) is 3.28. The smallest absolute Gasteiger partial charge is 0.140 e. The molecule has 1 aromatic heterocycles. The summed E-state index contributed by atoms with van der Waals surface area (Å²) in [5, 5.41) is 16.6. The van der Waals surface area contributed by atoms with Crippen molar-refractivity contribution < 1.29 is 0 Å². The highest BCUT2D eigenvalue weighted by Crippen LogP contribution is 2.23. The van der Waals surface area contributed by atoms with Crippen molar-refractivity contribution in [3.8, 4) is 6.07 Å². The Hall–Kier alpha value is -3.58. The number of hydrogen-bond acceptors (Lipinski definition) is 3. The zero-order chi connectivity index (χ0) is 18.8. The molecule has 0 fully saturated rings. The minimum Gasteiger partial charge on any atom is -0.383 e. The third-order valence-corrected chi connectivity index (χ3v) is 4.87. The van der Waals surface area contributed by atoms with E-state index >= 15 is 0 Å². The molecular formula is C23H20N4. The second-order valence-corrected chi connectivity index (χ2v) is 6.78. The Bertz CT molecular complexity index is 1140. The number of rotatable bonds is 4. The van der Waals surface area contributed by atoms with Gasteiger partial charge in [0.25, 0.3) is 0 Å². The van der Waals surface area contributed by atoms with Gasteiger partial charge >= 0.3 is 0 Å². The Balaban J connectivity index is 1.70. The van der Waals surface area contributed by atoms with Crippen molar-refractivity contribution in [2.45, 2.75) is 19.9 Å². The first-order valence-corrected chi connectivity index (χ1v) is 8.93. The van der Waals surface area contributed by atoms with Crippen molar-refractivity contribution in [1.82, 2.24) is 9.78 Å². The minimum absolute atomic E-state index is 0.424. The van der Waals surface area contributed by atoms with E-state index < -0.39 is 0 Å². The first kappa shape index (κ1) is 16.9. The lowest BCUT2D eigenvalue weighted by Gasteiger charge is -2.08. The Morgan fingerprint density at radius 3 is 2.52 bits per heavy atom. The number of nitrogens with zero attached hydrogens (tertiary/aromatic N) is 3. The lowest BCUT2D eigenvalue weighted by Crippen LogP contribution is -2.07. The van der Waals surface area contributed by atoms with Crippen LogP contribution in [0.1, 0.15) is 27.9 Å². The zero-order valence-corrected chi connectivity index (χ0v) is 15.2. The maximum atomic E-state index is 9.59. The maximum absolute atomic E-state index is 9.59. The quantitative estimate of drug-likeness (QED) is 0.590. The van der Waals surface area contributed by atoms with Gasteiger partial charge in [-0.1, -0.05) is 72.3 Å². The summed E-state index contributed by atoms with van der Waals surface area (Å²) < 4.78 is 1.74. The maximum Gasteiger partial charge on any atom is 0.140 e. The summed E-state index contributed by atoms with van der Waals surface area (Å²) in [4.78, 5) is 0. The van der Waals surface area contributed by atoms with Gasteiger partial charge in [-0.2, -0.15) is 10.4 Å². The summed E-state index contributed by atoms with van der Waals surface area (Å²) in [5.41, 5.74) is 10.9. The van der Waals surface area contributed by atoms with Crippen molar-refractivity contribution >= 4 is 16.6 Å². The number of nitrogens with two attached hydrogens (primary N) is 1. The van der Waals surface area contributed by atoms with Crippen LogP contribution >= 0.6 is 0 Å². The van der Waals surface area contributed by atoms with Crippen molar-refractivity contribution in [3.63, 3.8) is 0 Å². The molecule has 27 heavy (non-hydrogen) atoms. The van der Waals surface area contributed by atoms with Crippen LogP contribution in [0.4, 0.5) is 5.82 Å². The van der Waals surface area contributed by atoms with Crippen molar-refractivity contribution in [1.29, 1.82) is 5.26 Å². The lowest BCUT2D eigenvalue weighted by molar-refractivity contribution is 0.688. The average Bonchev–Trinajstić information content (AvgIpc) is 2.98. The molecule has 0 aliphatic rings. The number of anilines is 1. The van der Waals surface area contributed by atoms with Gasteiger partial charge in [0.15, 0.2) is 0 Å². The second kappa shape index (κ2) is 6.97. The molecule has 0 aliphatic carbocycles.